The number of benzene rings is 7. The summed E-state index contributed by atoms with van der Waals surface area (Å²) in [4.78, 5) is 5.76. The molecule has 0 saturated heterocycles. The van der Waals surface area contributed by atoms with Crippen LogP contribution in [0.2, 0.25) is 0 Å². The van der Waals surface area contributed by atoms with E-state index in [4.69, 9.17) is 6.57 Å². The van der Waals surface area contributed by atoms with Gasteiger partial charge in [0.1, 0.15) is 0 Å². The molecule has 0 aliphatic heterocycles. The third-order valence-corrected chi connectivity index (χ3v) is 8.34. The molecule has 0 saturated carbocycles. The van der Waals surface area contributed by atoms with Crippen molar-refractivity contribution in [2.24, 2.45) is 0 Å². The summed E-state index contributed by atoms with van der Waals surface area (Å²) >= 11 is 0. The molecule has 8 aromatic rings. The first-order chi connectivity index (χ1) is 21.7. The molecule has 0 fully saturated rings. The number of nitrogens with zero attached hydrogens (tertiary/aromatic N) is 4. The average molecular weight is 561 g/mol. The van der Waals surface area contributed by atoms with Gasteiger partial charge in [0, 0.05) is 39.1 Å². The monoisotopic (exact) mass is 560 g/mol. The molecule has 44 heavy (non-hydrogen) atoms. The zero-order valence-electron chi connectivity index (χ0n) is 23.6. The normalized spacial score (nSPS) is 11.1. The first-order valence-corrected chi connectivity index (χ1v) is 14.4. The van der Waals surface area contributed by atoms with Crippen molar-refractivity contribution in [1.82, 2.24) is 4.57 Å². The van der Waals surface area contributed by atoms with Crippen LogP contribution in [0.4, 0.5) is 22.7 Å². The Labute approximate surface area is 255 Å². The lowest BCUT2D eigenvalue weighted by atomic mass is 10.0. The van der Waals surface area contributed by atoms with Crippen molar-refractivity contribution in [3.05, 3.63) is 163 Å². The van der Waals surface area contributed by atoms with Gasteiger partial charge >= 0.3 is 0 Å². The van der Waals surface area contributed by atoms with Crippen molar-refractivity contribution >= 4 is 55.3 Å². The molecular weight excluding hydrogens is 536 g/mol. The molecule has 1 aromatic heterocycles. The SMILES string of the molecule is [C-]#[N+]c1cc(C#N)cc(N(c2ccc(-c3ccccc3)cc2)c2ccc(-n3c4cccc5ccc6cccc3c6c54)cc2)c1. The van der Waals surface area contributed by atoms with Gasteiger partial charge in [-0.15, -0.1) is 0 Å². The van der Waals surface area contributed by atoms with Crippen molar-refractivity contribution in [3.8, 4) is 22.9 Å². The van der Waals surface area contributed by atoms with Crippen LogP contribution in [0.15, 0.2) is 146 Å². The molecule has 0 amide bonds. The summed E-state index contributed by atoms with van der Waals surface area (Å²) in [6.07, 6.45) is 0. The van der Waals surface area contributed by atoms with Gasteiger partial charge in [0.05, 0.1) is 23.7 Å². The van der Waals surface area contributed by atoms with E-state index in [9.17, 15) is 5.26 Å². The highest BCUT2D eigenvalue weighted by atomic mass is 15.1. The summed E-state index contributed by atoms with van der Waals surface area (Å²) in [6.45, 7) is 7.65. The minimum Gasteiger partial charge on any atom is -0.312 e. The van der Waals surface area contributed by atoms with E-state index >= 15 is 0 Å². The van der Waals surface area contributed by atoms with Crippen molar-refractivity contribution in [1.29, 1.82) is 5.26 Å². The van der Waals surface area contributed by atoms with Gasteiger partial charge in [0.15, 0.2) is 5.69 Å². The van der Waals surface area contributed by atoms with E-state index in [0.717, 1.165) is 33.9 Å². The third-order valence-electron chi connectivity index (χ3n) is 8.34. The molecule has 0 unspecified atom stereocenters. The number of anilines is 3. The van der Waals surface area contributed by atoms with E-state index in [1.165, 1.54) is 32.6 Å². The van der Waals surface area contributed by atoms with Gasteiger partial charge in [-0.1, -0.05) is 78.9 Å². The molecule has 0 bridgehead atoms. The predicted octanol–water partition coefficient (Wildman–Crippen LogP) is 10.9. The van der Waals surface area contributed by atoms with Crippen LogP contribution in [0.1, 0.15) is 5.56 Å². The van der Waals surface area contributed by atoms with E-state index in [1.807, 2.05) is 30.3 Å². The van der Waals surface area contributed by atoms with Crippen molar-refractivity contribution in [3.63, 3.8) is 0 Å². The fraction of sp³-hybridized carbons (Fsp3) is 0. The molecule has 4 nitrogen and oxygen atoms in total. The second-order valence-electron chi connectivity index (χ2n) is 10.9. The fourth-order valence-corrected chi connectivity index (χ4v) is 6.38. The standard InChI is InChI=1S/C40H24N4/c1-42-32-23-27(26-41)24-36(25-32)43(33-17-15-29(16-18-33)28-7-3-2-4-8-28)34-19-21-35(22-20-34)44-37-11-5-9-30-13-14-31-10-6-12-38(44)40(31)39(30)37/h2-25H. The third kappa shape index (κ3) is 4.06. The molecule has 0 spiro atoms. The Morgan fingerprint density at radius 2 is 1.16 bits per heavy atom. The molecule has 1 heterocycles. The summed E-state index contributed by atoms with van der Waals surface area (Å²) < 4.78 is 2.33. The molecule has 7 aromatic carbocycles. The average Bonchev–Trinajstić information content (AvgIpc) is 3.44. The van der Waals surface area contributed by atoms with Gasteiger partial charge in [-0.3, -0.25) is 0 Å². The quantitative estimate of drug-likeness (QED) is 0.155. The second-order valence-corrected chi connectivity index (χ2v) is 10.9. The Morgan fingerprint density at radius 1 is 0.568 bits per heavy atom. The minimum absolute atomic E-state index is 0.428. The number of hydrogen-bond donors (Lipinski definition) is 0. The van der Waals surface area contributed by atoms with Crippen LogP contribution in [-0.2, 0) is 0 Å². The Balaban J connectivity index is 1.28. The van der Waals surface area contributed by atoms with E-state index < -0.39 is 0 Å². The molecular formula is C40H24N4. The van der Waals surface area contributed by atoms with Crippen LogP contribution in [0, 0.1) is 17.9 Å². The van der Waals surface area contributed by atoms with E-state index in [-0.39, 0.29) is 0 Å². The molecule has 0 atom stereocenters. The predicted molar refractivity (Wildman–Crippen MR) is 181 cm³/mol. The van der Waals surface area contributed by atoms with Gasteiger partial charge < -0.3 is 9.47 Å². The highest BCUT2D eigenvalue weighted by molar-refractivity contribution is 6.24. The lowest BCUT2D eigenvalue weighted by Crippen LogP contribution is -2.10. The second kappa shape index (κ2) is 10.2. The Bertz CT molecular complexity index is 2290. The van der Waals surface area contributed by atoms with E-state index in [2.05, 4.69) is 130 Å². The Morgan fingerprint density at radius 3 is 1.75 bits per heavy atom. The molecule has 0 aliphatic carbocycles. The number of nitriles is 1. The number of aromatic nitrogens is 1. The fourth-order valence-electron chi connectivity index (χ4n) is 6.38. The Kier molecular flexibility index (Phi) is 5.86. The molecule has 4 heteroatoms. The van der Waals surface area contributed by atoms with Gasteiger partial charge in [0.2, 0.25) is 0 Å². The highest BCUT2D eigenvalue weighted by Gasteiger charge is 2.18. The number of hydrogen-bond acceptors (Lipinski definition) is 2. The Hall–Kier alpha value is -6.36. The van der Waals surface area contributed by atoms with Crippen LogP contribution >= 0.6 is 0 Å². The molecule has 0 aliphatic rings. The number of rotatable bonds is 5. The van der Waals surface area contributed by atoms with Crippen LogP contribution in [-0.4, -0.2) is 4.57 Å². The minimum atomic E-state index is 0.428. The van der Waals surface area contributed by atoms with Crippen molar-refractivity contribution in [2.75, 3.05) is 4.90 Å². The summed E-state index contributed by atoms with van der Waals surface area (Å²) in [5, 5.41) is 14.8. The maximum Gasteiger partial charge on any atom is 0.190 e. The van der Waals surface area contributed by atoms with E-state index in [1.54, 1.807) is 6.07 Å². The summed E-state index contributed by atoms with van der Waals surface area (Å²) in [5.74, 6) is 0. The van der Waals surface area contributed by atoms with Crippen LogP contribution in [0.3, 0.4) is 0 Å². The van der Waals surface area contributed by atoms with Crippen LogP contribution < -0.4 is 4.90 Å². The zero-order chi connectivity index (χ0) is 29.6. The van der Waals surface area contributed by atoms with Gasteiger partial charge in [-0.25, -0.2) is 4.85 Å². The van der Waals surface area contributed by atoms with Crippen LogP contribution in [0.25, 0.3) is 54.2 Å². The largest absolute Gasteiger partial charge is 0.312 e. The summed E-state index contributed by atoms with van der Waals surface area (Å²) in [6, 6.07) is 52.1. The highest BCUT2D eigenvalue weighted by Crippen LogP contribution is 2.41. The van der Waals surface area contributed by atoms with Gasteiger partial charge in [0.25, 0.3) is 0 Å². The zero-order valence-corrected chi connectivity index (χ0v) is 23.6. The molecule has 8 rings (SSSR count). The van der Waals surface area contributed by atoms with Gasteiger partial charge in [-0.05, 0) is 88.6 Å². The first-order valence-electron chi connectivity index (χ1n) is 14.4. The van der Waals surface area contributed by atoms with Crippen molar-refractivity contribution in [2.45, 2.75) is 0 Å². The summed E-state index contributed by atoms with van der Waals surface area (Å²) in [5.41, 5.74) is 9.20. The molecule has 0 radical (unpaired) electrons. The van der Waals surface area contributed by atoms with Crippen molar-refractivity contribution < 1.29 is 0 Å². The smallest absolute Gasteiger partial charge is 0.190 e. The molecule has 0 N–H and O–H groups in total. The molecule has 204 valence electrons. The topological polar surface area (TPSA) is 36.3 Å². The maximum absolute atomic E-state index is 9.75. The lowest BCUT2D eigenvalue weighted by molar-refractivity contribution is 1.17. The van der Waals surface area contributed by atoms with Crippen LogP contribution in [0.5, 0.6) is 0 Å². The first kappa shape index (κ1) is 25.4. The summed E-state index contributed by atoms with van der Waals surface area (Å²) in [7, 11) is 0. The van der Waals surface area contributed by atoms with Gasteiger partial charge in [-0.2, -0.15) is 5.26 Å². The maximum atomic E-state index is 9.75. The van der Waals surface area contributed by atoms with E-state index in [0.29, 0.717) is 11.3 Å². The lowest BCUT2D eigenvalue weighted by Gasteiger charge is -2.26.